The number of hydrogen-bond acceptors (Lipinski definition) is 5. The van der Waals surface area contributed by atoms with E-state index in [0.717, 1.165) is 33.6 Å². The van der Waals surface area contributed by atoms with Crippen molar-refractivity contribution in [2.45, 2.75) is 26.4 Å². The summed E-state index contributed by atoms with van der Waals surface area (Å²) in [6, 6.07) is 15.4. The number of aromatic nitrogens is 4. The summed E-state index contributed by atoms with van der Waals surface area (Å²) in [4.78, 5) is 24.5. The van der Waals surface area contributed by atoms with E-state index >= 15 is 0 Å². The SMILES string of the molecule is Cc1nsc(-c2nc(-c3ccccc3)c3n2CCN(C(=O)c2ccc(F)cc2)[C@@H]3C)n1. The molecule has 0 radical (unpaired) electrons. The van der Waals surface area contributed by atoms with Gasteiger partial charge in [0.15, 0.2) is 10.8 Å². The first-order valence-electron chi connectivity index (χ1n) is 10.1. The van der Waals surface area contributed by atoms with Crippen molar-refractivity contribution in [1.29, 1.82) is 0 Å². The van der Waals surface area contributed by atoms with E-state index in [0.29, 0.717) is 18.7 Å². The largest absolute Gasteiger partial charge is 0.329 e. The summed E-state index contributed by atoms with van der Waals surface area (Å²) < 4.78 is 19.8. The molecule has 0 aliphatic carbocycles. The van der Waals surface area contributed by atoms with Gasteiger partial charge < -0.3 is 9.47 Å². The first-order valence-corrected chi connectivity index (χ1v) is 10.8. The number of carbonyl (C=O) groups excluding carboxylic acids is 1. The maximum atomic E-state index is 13.3. The highest BCUT2D eigenvalue weighted by Crippen LogP contribution is 2.38. The summed E-state index contributed by atoms with van der Waals surface area (Å²) in [6.45, 7) is 5.00. The Balaban J connectivity index is 1.61. The smallest absolute Gasteiger partial charge is 0.254 e. The number of halogens is 1. The monoisotopic (exact) mass is 433 g/mol. The Morgan fingerprint density at radius 2 is 1.81 bits per heavy atom. The van der Waals surface area contributed by atoms with E-state index in [1.807, 2.05) is 49.1 Å². The Morgan fingerprint density at radius 1 is 1.06 bits per heavy atom. The van der Waals surface area contributed by atoms with Crippen molar-refractivity contribution in [2.75, 3.05) is 6.54 Å². The molecule has 1 atom stereocenters. The average Bonchev–Trinajstić information content (AvgIpc) is 3.39. The van der Waals surface area contributed by atoms with E-state index in [1.54, 1.807) is 0 Å². The van der Waals surface area contributed by atoms with Gasteiger partial charge in [0, 0.05) is 24.2 Å². The molecule has 31 heavy (non-hydrogen) atoms. The molecule has 1 amide bonds. The number of aryl methyl sites for hydroxylation is 1. The van der Waals surface area contributed by atoms with Gasteiger partial charge in [-0.3, -0.25) is 4.79 Å². The maximum absolute atomic E-state index is 13.3. The predicted molar refractivity (Wildman–Crippen MR) is 117 cm³/mol. The Kier molecular flexibility index (Phi) is 4.86. The third-order valence-electron chi connectivity index (χ3n) is 5.55. The fraction of sp³-hybridized carbons (Fsp3) is 0.217. The van der Waals surface area contributed by atoms with Crippen LogP contribution in [0.15, 0.2) is 54.6 Å². The molecular formula is C23H20FN5OS. The molecule has 3 heterocycles. The van der Waals surface area contributed by atoms with Crippen molar-refractivity contribution in [2.24, 2.45) is 0 Å². The number of benzene rings is 2. The molecular weight excluding hydrogens is 413 g/mol. The van der Waals surface area contributed by atoms with Crippen LogP contribution in [0.1, 0.15) is 34.8 Å². The van der Waals surface area contributed by atoms with E-state index in [9.17, 15) is 9.18 Å². The molecule has 0 fully saturated rings. The summed E-state index contributed by atoms with van der Waals surface area (Å²) in [5.41, 5.74) is 3.27. The van der Waals surface area contributed by atoms with Gasteiger partial charge in [-0.15, -0.1) is 0 Å². The van der Waals surface area contributed by atoms with Crippen LogP contribution >= 0.6 is 11.5 Å². The van der Waals surface area contributed by atoms with Gasteiger partial charge in [-0.2, -0.15) is 4.37 Å². The highest BCUT2D eigenvalue weighted by molar-refractivity contribution is 7.09. The quantitative estimate of drug-likeness (QED) is 0.468. The number of rotatable bonds is 3. The van der Waals surface area contributed by atoms with Gasteiger partial charge in [0.1, 0.15) is 11.6 Å². The number of nitrogens with zero attached hydrogens (tertiary/aromatic N) is 5. The molecule has 0 saturated heterocycles. The van der Waals surface area contributed by atoms with Crippen molar-refractivity contribution in [3.8, 4) is 22.1 Å². The summed E-state index contributed by atoms with van der Waals surface area (Å²) >= 11 is 1.33. The minimum absolute atomic E-state index is 0.118. The molecule has 0 bridgehead atoms. The molecule has 0 N–H and O–H groups in total. The zero-order valence-electron chi connectivity index (χ0n) is 17.1. The highest BCUT2D eigenvalue weighted by atomic mass is 32.1. The molecule has 6 nitrogen and oxygen atoms in total. The Labute approximate surface area is 183 Å². The lowest BCUT2D eigenvalue weighted by Crippen LogP contribution is -2.41. The van der Waals surface area contributed by atoms with Crippen molar-refractivity contribution in [1.82, 2.24) is 23.8 Å². The Hall–Kier alpha value is -3.39. The highest BCUT2D eigenvalue weighted by Gasteiger charge is 2.34. The van der Waals surface area contributed by atoms with Gasteiger partial charge in [-0.25, -0.2) is 14.4 Å². The van der Waals surface area contributed by atoms with Gasteiger partial charge >= 0.3 is 0 Å². The fourth-order valence-corrected chi connectivity index (χ4v) is 4.73. The zero-order valence-corrected chi connectivity index (χ0v) is 17.9. The summed E-state index contributed by atoms with van der Waals surface area (Å²) in [7, 11) is 0. The lowest BCUT2D eigenvalue weighted by atomic mass is 10.0. The second-order valence-corrected chi connectivity index (χ2v) is 8.27. The van der Waals surface area contributed by atoms with Crippen LogP contribution < -0.4 is 0 Å². The summed E-state index contributed by atoms with van der Waals surface area (Å²) in [6.07, 6.45) is 0. The number of carbonyl (C=O) groups is 1. The van der Waals surface area contributed by atoms with Crippen molar-refractivity contribution in [3.63, 3.8) is 0 Å². The summed E-state index contributed by atoms with van der Waals surface area (Å²) in [5, 5.41) is 0.770. The second-order valence-electron chi connectivity index (χ2n) is 7.52. The van der Waals surface area contributed by atoms with Gasteiger partial charge in [0.2, 0.25) is 0 Å². The first kappa shape index (κ1) is 19.6. The third kappa shape index (κ3) is 3.42. The molecule has 5 rings (SSSR count). The standard InChI is InChI=1S/C23H20FN5OS/c1-14-20-19(16-6-4-3-5-7-16)26-21(22-25-15(2)27-31-22)29(20)13-12-28(14)23(30)17-8-10-18(24)11-9-17/h3-11,14H,12-13H2,1-2H3/t14-/m1/s1. The van der Waals surface area contributed by atoms with Crippen molar-refractivity contribution < 1.29 is 9.18 Å². The normalized spacial score (nSPS) is 15.7. The summed E-state index contributed by atoms with van der Waals surface area (Å²) in [5.74, 6) is 1.02. The zero-order chi connectivity index (χ0) is 21.5. The van der Waals surface area contributed by atoms with Gasteiger partial charge in [-0.05, 0) is 49.6 Å². The van der Waals surface area contributed by atoms with E-state index in [2.05, 4.69) is 13.9 Å². The molecule has 0 unspecified atom stereocenters. The molecule has 1 aliphatic heterocycles. The van der Waals surface area contributed by atoms with E-state index in [4.69, 9.17) is 4.98 Å². The number of amides is 1. The van der Waals surface area contributed by atoms with Crippen LogP contribution in [0.5, 0.6) is 0 Å². The molecule has 4 aromatic rings. The Bertz CT molecular complexity index is 1250. The first-order chi connectivity index (χ1) is 15.0. The van der Waals surface area contributed by atoms with E-state index in [1.165, 1.54) is 35.8 Å². The lowest BCUT2D eigenvalue weighted by Gasteiger charge is -2.35. The fourth-order valence-electron chi connectivity index (χ4n) is 4.06. The number of fused-ring (bicyclic) bond motifs is 1. The molecule has 1 aliphatic rings. The molecule has 0 spiro atoms. The van der Waals surface area contributed by atoms with Crippen LogP contribution in [-0.2, 0) is 6.54 Å². The average molecular weight is 434 g/mol. The second kappa shape index (κ2) is 7.70. The number of imidazole rings is 1. The molecule has 156 valence electrons. The van der Waals surface area contributed by atoms with Crippen LogP contribution in [0.25, 0.3) is 22.1 Å². The topological polar surface area (TPSA) is 63.9 Å². The lowest BCUT2D eigenvalue weighted by molar-refractivity contribution is 0.0645. The molecule has 0 saturated carbocycles. The van der Waals surface area contributed by atoms with Crippen LogP contribution in [0.2, 0.25) is 0 Å². The van der Waals surface area contributed by atoms with Crippen molar-refractivity contribution >= 4 is 17.4 Å². The van der Waals surface area contributed by atoms with Crippen LogP contribution in [-0.4, -0.2) is 36.3 Å². The van der Waals surface area contributed by atoms with E-state index < -0.39 is 0 Å². The number of hydrogen-bond donors (Lipinski definition) is 0. The molecule has 2 aromatic heterocycles. The van der Waals surface area contributed by atoms with Crippen LogP contribution in [0.3, 0.4) is 0 Å². The van der Waals surface area contributed by atoms with Gasteiger partial charge in [0.05, 0.1) is 17.4 Å². The van der Waals surface area contributed by atoms with Crippen LogP contribution in [0, 0.1) is 12.7 Å². The minimum Gasteiger partial charge on any atom is -0.329 e. The third-order valence-corrected chi connectivity index (χ3v) is 6.35. The minimum atomic E-state index is -0.357. The maximum Gasteiger partial charge on any atom is 0.254 e. The van der Waals surface area contributed by atoms with Crippen molar-refractivity contribution in [3.05, 3.63) is 77.5 Å². The predicted octanol–water partition coefficient (Wildman–Crippen LogP) is 4.73. The van der Waals surface area contributed by atoms with Crippen LogP contribution in [0.4, 0.5) is 4.39 Å². The molecule has 2 aromatic carbocycles. The van der Waals surface area contributed by atoms with Gasteiger partial charge in [-0.1, -0.05) is 30.3 Å². The Morgan fingerprint density at radius 3 is 2.48 bits per heavy atom. The molecule has 8 heteroatoms. The van der Waals surface area contributed by atoms with E-state index in [-0.39, 0.29) is 17.8 Å². The van der Waals surface area contributed by atoms with Gasteiger partial charge in [0.25, 0.3) is 5.91 Å².